The Labute approximate surface area is 164 Å². The minimum atomic E-state index is -0.606. The van der Waals surface area contributed by atoms with Crippen LogP contribution in [0.15, 0.2) is 43.0 Å². The summed E-state index contributed by atoms with van der Waals surface area (Å²) in [6, 6.07) is 4.90. The SMILES string of the molecule is COC(=O)c1cncc(OC[C@H](Cc2ccncc2)NC(=O)OC(C)(C)C)c1. The predicted octanol–water partition coefficient (Wildman–Crippen LogP) is 2.78. The van der Waals surface area contributed by atoms with Gasteiger partial charge in [-0.3, -0.25) is 9.97 Å². The third-order valence-electron chi connectivity index (χ3n) is 3.54. The van der Waals surface area contributed by atoms with Gasteiger partial charge < -0.3 is 19.5 Å². The van der Waals surface area contributed by atoms with Crippen molar-refractivity contribution in [3.05, 3.63) is 54.1 Å². The smallest absolute Gasteiger partial charge is 0.408 e. The van der Waals surface area contributed by atoms with E-state index in [4.69, 9.17) is 9.47 Å². The molecule has 2 rings (SSSR count). The summed E-state index contributed by atoms with van der Waals surface area (Å²) in [5.41, 5.74) is 0.664. The first-order chi connectivity index (χ1) is 13.3. The standard InChI is InChI=1S/C20H25N3O5/c1-20(2,3)28-19(25)23-16(9-14-5-7-21-8-6-14)13-27-17-10-15(11-22-12-17)18(24)26-4/h5-8,10-12,16H,9,13H2,1-4H3,(H,23,25)/t16-/m0/s1. The van der Waals surface area contributed by atoms with Crippen LogP contribution < -0.4 is 10.1 Å². The first-order valence-corrected chi connectivity index (χ1v) is 8.81. The van der Waals surface area contributed by atoms with Crippen molar-refractivity contribution in [3.8, 4) is 5.75 Å². The number of rotatable bonds is 7. The summed E-state index contributed by atoms with van der Waals surface area (Å²) in [4.78, 5) is 31.8. The van der Waals surface area contributed by atoms with Gasteiger partial charge in [0.15, 0.2) is 0 Å². The maximum atomic E-state index is 12.2. The first kappa shape index (κ1) is 21.1. The fourth-order valence-corrected chi connectivity index (χ4v) is 2.35. The lowest BCUT2D eigenvalue weighted by Gasteiger charge is -2.24. The molecule has 0 aliphatic rings. The molecule has 0 unspecified atom stereocenters. The van der Waals surface area contributed by atoms with Crippen LogP contribution in [-0.4, -0.2) is 47.4 Å². The second kappa shape index (κ2) is 9.68. The summed E-state index contributed by atoms with van der Waals surface area (Å²) < 4.78 is 15.8. The van der Waals surface area contributed by atoms with Crippen LogP contribution in [0.5, 0.6) is 5.75 Å². The van der Waals surface area contributed by atoms with Crippen LogP contribution in [0.3, 0.4) is 0 Å². The molecule has 0 saturated heterocycles. The van der Waals surface area contributed by atoms with Gasteiger partial charge in [0.1, 0.15) is 18.0 Å². The number of hydrogen-bond donors (Lipinski definition) is 1. The largest absolute Gasteiger partial charge is 0.490 e. The third kappa shape index (κ3) is 7.22. The van der Waals surface area contributed by atoms with E-state index in [1.165, 1.54) is 25.6 Å². The van der Waals surface area contributed by atoms with Gasteiger partial charge in [0, 0.05) is 18.6 Å². The van der Waals surface area contributed by atoms with Crippen LogP contribution in [-0.2, 0) is 15.9 Å². The molecule has 0 aliphatic carbocycles. The van der Waals surface area contributed by atoms with E-state index in [0.29, 0.717) is 12.2 Å². The molecule has 2 heterocycles. The molecule has 1 N–H and O–H groups in total. The zero-order valence-corrected chi connectivity index (χ0v) is 16.5. The highest BCUT2D eigenvalue weighted by molar-refractivity contribution is 5.89. The van der Waals surface area contributed by atoms with E-state index in [9.17, 15) is 9.59 Å². The predicted molar refractivity (Wildman–Crippen MR) is 102 cm³/mol. The molecule has 1 amide bonds. The molecule has 0 fully saturated rings. The number of amides is 1. The van der Waals surface area contributed by atoms with Gasteiger partial charge in [-0.25, -0.2) is 9.59 Å². The van der Waals surface area contributed by atoms with Crippen molar-refractivity contribution in [2.24, 2.45) is 0 Å². The van der Waals surface area contributed by atoms with Crippen LogP contribution in [0.1, 0.15) is 36.7 Å². The summed E-state index contributed by atoms with van der Waals surface area (Å²) in [5.74, 6) is -0.105. The molecule has 0 radical (unpaired) electrons. The van der Waals surface area contributed by atoms with E-state index >= 15 is 0 Å². The molecule has 8 heteroatoms. The third-order valence-corrected chi connectivity index (χ3v) is 3.54. The number of carbonyl (C=O) groups is 2. The molecule has 0 saturated carbocycles. The van der Waals surface area contributed by atoms with Gasteiger partial charge in [0.25, 0.3) is 0 Å². The van der Waals surface area contributed by atoms with Crippen molar-refractivity contribution >= 4 is 12.1 Å². The second-order valence-corrected chi connectivity index (χ2v) is 7.11. The van der Waals surface area contributed by atoms with E-state index in [2.05, 4.69) is 20.0 Å². The lowest BCUT2D eigenvalue weighted by atomic mass is 10.1. The average Bonchev–Trinajstić information content (AvgIpc) is 2.65. The molecular formula is C20H25N3O5. The lowest BCUT2D eigenvalue weighted by molar-refractivity contribution is 0.0487. The van der Waals surface area contributed by atoms with Gasteiger partial charge in [0.05, 0.1) is 24.9 Å². The van der Waals surface area contributed by atoms with Crippen molar-refractivity contribution in [2.75, 3.05) is 13.7 Å². The molecule has 0 bridgehead atoms. The number of methoxy groups -OCH3 is 1. The van der Waals surface area contributed by atoms with Gasteiger partial charge in [-0.2, -0.15) is 0 Å². The minimum absolute atomic E-state index is 0.161. The molecule has 150 valence electrons. The molecule has 2 aromatic rings. The zero-order valence-electron chi connectivity index (χ0n) is 16.5. The highest BCUT2D eigenvalue weighted by Crippen LogP contribution is 2.14. The number of ether oxygens (including phenoxy) is 3. The van der Waals surface area contributed by atoms with Gasteiger partial charge >= 0.3 is 12.1 Å². The van der Waals surface area contributed by atoms with Gasteiger partial charge in [-0.1, -0.05) is 0 Å². The highest BCUT2D eigenvalue weighted by Gasteiger charge is 2.20. The number of hydrogen-bond acceptors (Lipinski definition) is 7. The van der Waals surface area contributed by atoms with E-state index in [1.807, 2.05) is 12.1 Å². The van der Waals surface area contributed by atoms with Crippen LogP contribution in [0.4, 0.5) is 4.79 Å². The molecule has 0 aliphatic heterocycles. The Hall–Kier alpha value is -3.16. The Morgan fingerprint density at radius 2 is 1.86 bits per heavy atom. The number of esters is 1. The molecule has 8 nitrogen and oxygen atoms in total. The van der Waals surface area contributed by atoms with Crippen molar-refractivity contribution < 1.29 is 23.8 Å². The zero-order chi connectivity index (χ0) is 20.6. The Bertz CT molecular complexity index is 790. The molecule has 0 spiro atoms. The van der Waals surface area contributed by atoms with Crippen LogP contribution >= 0.6 is 0 Å². The van der Waals surface area contributed by atoms with Gasteiger partial charge in [-0.15, -0.1) is 0 Å². The topological polar surface area (TPSA) is 99.6 Å². The van der Waals surface area contributed by atoms with Gasteiger partial charge in [0.2, 0.25) is 0 Å². The van der Waals surface area contributed by atoms with Crippen LogP contribution in [0, 0.1) is 0 Å². The summed E-state index contributed by atoms with van der Waals surface area (Å²) in [6.45, 7) is 5.55. The normalized spacial score (nSPS) is 12.0. The number of pyridine rings is 2. The highest BCUT2D eigenvalue weighted by atomic mass is 16.6. The number of nitrogens with one attached hydrogen (secondary N) is 1. The summed E-state index contributed by atoms with van der Waals surface area (Å²) in [6.07, 6.45) is 6.24. The van der Waals surface area contributed by atoms with Crippen LogP contribution in [0.2, 0.25) is 0 Å². The molecule has 0 aromatic carbocycles. The van der Waals surface area contributed by atoms with E-state index < -0.39 is 17.7 Å². The maximum absolute atomic E-state index is 12.2. The number of carbonyl (C=O) groups excluding carboxylic acids is 2. The quantitative estimate of drug-likeness (QED) is 0.729. The Kier molecular flexibility index (Phi) is 7.31. The van der Waals surface area contributed by atoms with Crippen LogP contribution in [0.25, 0.3) is 0 Å². The molecule has 2 aromatic heterocycles. The first-order valence-electron chi connectivity index (χ1n) is 8.81. The Balaban J connectivity index is 2.06. The van der Waals surface area contributed by atoms with E-state index in [-0.39, 0.29) is 18.2 Å². The number of alkyl carbamates (subject to hydrolysis) is 1. The molecular weight excluding hydrogens is 362 g/mol. The monoisotopic (exact) mass is 387 g/mol. The fraction of sp³-hybridized carbons (Fsp3) is 0.400. The minimum Gasteiger partial charge on any atom is -0.490 e. The lowest BCUT2D eigenvalue weighted by Crippen LogP contribution is -2.43. The molecule has 1 atom stereocenters. The van der Waals surface area contributed by atoms with E-state index in [0.717, 1.165) is 5.56 Å². The Morgan fingerprint density at radius 1 is 1.14 bits per heavy atom. The van der Waals surface area contributed by atoms with Crippen molar-refractivity contribution in [2.45, 2.75) is 38.8 Å². The maximum Gasteiger partial charge on any atom is 0.408 e. The van der Waals surface area contributed by atoms with Gasteiger partial charge in [-0.05, 0) is 51.0 Å². The van der Waals surface area contributed by atoms with E-state index in [1.54, 1.807) is 33.2 Å². The second-order valence-electron chi connectivity index (χ2n) is 7.11. The van der Waals surface area contributed by atoms with Crippen molar-refractivity contribution in [1.29, 1.82) is 0 Å². The Morgan fingerprint density at radius 3 is 2.50 bits per heavy atom. The fourth-order valence-electron chi connectivity index (χ4n) is 2.35. The van der Waals surface area contributed by atoms with Crippen molar-refractivity contribution in [1.82, 2.24) is 15.3 Å². The number of aromatic nitrogens is 2. The summed E-state index contributed by atoms with van der Waals surface area (Å²) >= 11 is 0. The number of nitrogens with zero attached hydrogens (tertiary/aromatic N) is 2. The summed E-state index contributed by atoms with van der Waals surface area (Å²) in [5, 5.41) is 2.82. The average molecular weight is 387 g/mol. The van der Waals surface area contributed by atoms with Crippen molar-refractivity contribution in [3.63, 3.8) is 0 Å². The molecule has 28 heavy (non-hydrogen) atoms. The summed E-state index contributed by atoms with van der Waals surface area (Å²) in [7, 11) is 1.30.